The Kier molecular flexibility index (Phi) is 5.06. The first-order chi connectivity index (χ1) is 8.49. The van der Waals surface area contributed by atoms with Crippen LogP contribution in [0.25, 0.3) is 0 Å². The first-order valence-electron chi connectivity index (χ1n) is 5.38. The molecule has 0 saturated heterocycles. The molecule has 1 aromatic rings. The van der Waals surface area contributed by atoms with Crippen LogP contribution in [0.1, 0.15) is 12.0 Å². The number of rotatable bonds is 7. The predicted octanol–water partition coefficient (Wildman–Crippen LogP) is -0.0774. The van der Waals surface area contributed by atoms with Crippen LogP contribution in [0.2, 0.25) is 0 Å². The number of nitrogens with zero attached hydrogens (tertiary/aromatic N) is 1. The average molecular weight is 253 g/mol. The average Bonchev–Trinajstić information content (AvgIpc) is 2.34. The van der Waals surface area contributed by atoms with Crippen LogP contribution < -0.4 is 11.1 Å². The SMILES string of the molecule is N[C@@H](CCc1ccc(NCC(=O)O)nc1)C(=O)O. The van der Waals surface area contributed by atoms with E-state index in [2.05, 4.69) is 10.3 Å². The molecule has 0 unspecified atom stereocenters. The Morgan fingerprint density at radius 1 is 1.39 bits per heavy atom. The summed E-state index contributed by atoms with van der Waals surface area (Å²) < 4.78 is 0. The summed E-state index contributed by atoms with van der Waals surface area (Å²) in [6.07, 6.45) is 2.41. The minimum atomic E-state index is -1.03. The highest BCUT2D eigenvalue weighted by Crippen LogP contribution is 2.07. The van der Waals surface area contributed by atoms with Crippen LogP contribution in [0.15, 0.2) is 18.3 Å². The van der Waals surface area contributed by atoms with Crippen molar-refractivity contribution in [2.24, 2.45) is 5.73 Å². The van der Waals surface area contributed by atoms with E-state index < -0.39 is 18.0 Å². The van der Waals surface area contributed by atoms with Crippen LogP contribution in [0.4, 0.5) is 5.82 Å². The van der Waals surface area contributed by atoms with Crippen LogP contribution in [0.5, 0.6) is 0 Å². The second-order valence-electron chi connectivity index (χ2n) is 3.78. The van der Waals surface area contributed by atoms with Gasteiger partial charge in [0.05, 0.1) is 0 Å². The number of nitrogens with two attached hydrogens (primary N) is 1. The number of pyridine rings is 1. The molecule has 0 saturated carbocycles. The highest BCUT2D eigenvalue weighted by molar-refractivity contribution is 5.73. The van der Waals surface area contributed by atoms with E-state index in [-0.39, 0.29) is 6.54 Å². The molecule has 1 aromatic heterocycles. The maximum absolute atomic E-state index is 10.5. The summed E-state index contributed by atoms with van der Waals surface area (Å²) in [5.41, 5.74) is 6.23. The smallest absolute Gasteiger partial charge is 0.322 e. The zero-order valence-electron chi connectivity index (χ0n) is 9.67. The maximum atomic E-state index is 10.5. The molecule has 0 fully saturated rings. The third kappa shape index (κ3) is 4.79. The van der Waals surface area contributed by atoms with E-state index >= 15 is 0 Å². The molecule has 1 rings (SSSR count). The number of carboxylic acid groups (broad SMARTS) is 2. The van der Waals surface area contributed by atoms with Crippen molar-refractivity contribution in [3.63, 3.8) is 0 Å². The third-order valence-electron chi connectivity index (χ3n) is 2.31. The number of hydrogen-bond donors (Lipinski definition) is 4. The second kappa shape index (κ2) is 6.55. The monoisotopic (exact) mass is 253 g/mol. The molecule has 0 spiro atoms. The van der Waals surface area contributed by atoms with Crippen LogP contribution in [0.3, 0.4) is 0 Å². The van der Waals surface area contributed by atoms with Gasteiger partial charge in [-0.2, -0.15) is 0 Å². The molecule has 0 bridgehead atoms. The molecule has 1 heterocycles. The Bertz CT molecular complexity index is 419. The lowest BCUT2D eigenvalue weighted by atomic mass is 10.1. The molecule has 0 radical (unpaired) electrons. The van der Waals surface area contributed by atoms with Crippen LogP contribution in [-0.2, 0) is 16.0 Å². The first kappa shape index (κ1) is 13.9. The summed E-state index contributed by atoms with van der Waals surface area (Å²) >= 11 is 0. The first-order valence-corrected chi connectivity index (χ1v) is 5.38. The number of anilines is 1. The van der Waals surface area contributed by atoms with Crippen molar-refractivity contribution in [2.45, 2.75) is 18.9 Å². The minimum absolute atomic E-state index is 0.198. The fourth-order valence-electron chi connectivity index (χ4n) is 1.29. The summed E-state index contributed by atoms with van der Waals surface area (Å²) in [6, 6.07) is 2.52. The molecule has 0 aliphatic heterocycles. The molecule has 0 aromatic carbocycles. The Hall–Kier alpha value is -2.15. The van der Waals surface area contributed by atoms with Crippen molar-refractivity contribution in [2.75, 3.05) is 11.9 Å². The van der Waals surface area contributed by atoms with Gasteiger partial charge in [-0.15, -0.1) is 0 Å². The summed E-state index contributed by atoms with van der Waals surface area (Å²) in [4.78, 5) is 24.8. The van der Waals surface area contributed by atoms with Gasteiger partial charge in [0.1, 0.15) is 18.4 Å². The van der Waals surface area contributed by atoms with Gasteiger partial charge in [0.15, 0.2) is 0 Å². The Labute approximate surface area is 104 Å². The zero-order chi connectivity index (χ0) is 13.5. The van der Waals surface area contributed by atoms with E-state index in [9.17, 15) is 9.59 Å². The quantitative estimate of drug-likeness (QED) is 0.535. The molecule has 5 N–H and O–H groups in total. The number of aromatic nitrogens is 1. The number of nitrogens with one attached hydrogen (secondary N) is 1. The van der Waals surface area contributed by atoms with Gasteiger partial charge in [-0.3, -0.25) is 9.59 Å². The predicted molar refractivity (Wildman–Crippen MR) is 64.3 cm³/mol. The van der Waals surface area contributed by atoms with Crippen LogP contribution >= 0.6 is 0 Å². The van der Waals surface area contributed by atoms with Crippen molar-refractivity contribution < 1.29 is 19.8 Å². The standard InChI is InChI=1S/C11H15N3O4/c12-8(11(17)18)3-1-7-2-4-9(13-5-7)14-6-10(15)16/h2,4-5,8H,1,3,6,12H2,(H,13,14)(H,15,16)(H,17,18)/t8-/m0/s1. The topological polar surface area (TPSA) is 126 Å². The molecule has 0 aliphatic carbocycles. The molecule has 18 heavy (non-hydrogen) atoms. The maximum Gasteiger partial charge on any atom is 0.322 e. The van der Waals surface area contributed by atoms with Crippen molar-refractivity contribution in [1.29, 1.82) is 0 Å². The number of carboxylic acids is 2. The highest BCUT2D eigenvalue weighted by Gasteiger charge is 2.10. The van der Waals surface area contributed by atoms with E-state index in [4.69, 9.17) is 15.9 Å². The normalized spacial score (nSPS) is 11.8. The van der Waals surface area contributed by atoms with E-state index in [1.165, 1.54) is 0 Å². The van der Waals surface area contributed by atoms with Crippen LogP contribution in [-0.4, -0.2) is 39.7 Å². The van der Waals surface area contributed by atoms with Gasteiger partial charge >= 0.3 is 11.9 Å². The number of hydrogen-bond acceptors (Lipinski definition) is 5. The van der Waals surface area contributed by atoms with Gasteiger partial charge in [0.25, 0.3) is 0 Å². The summed E-state index contributed by atoms with van der Waals surface area (Å²) in [6.45, 7) is -0.198. The highest BCUT2D eigenvalue weighted by atomic mass is 16.4. The molecule has 0 amide bonds. The molecule has 7 heteroatoms. The van der Waals surface area contributed by atoms with Crippen molar-refractivity contribution in [1.82, 2.24) is 4.98 Å². The molecular formula is C11H15N3O4. The van der Waals surface area contributed by atoms with Gasteiger partial charge in [-0.05, 0) is 24.5 Å². The second-order valence-corrected chi connectivity index (χ2v) is 3.78. The summed E-state index contributed by atoms with van der Waals surface area (Å²) in [5.74, 6) is -1.53. The largest absolute Gasteiger partial charge is 0.480 e. The lowest BCUT2D eigenvalue weighted by Gasteiger charge is -2.07. The number of carbonyl (C=O) groups is 2. The number of aliphatic carboxylic acids is 2. The molecule has 98 valence electrons. The van der Waals surface area contributed by atoms with Crippen molar-refractivity contribution in [3.8, 4) is 0 Å². The Balaban J connectivity index is 2.45. The third-order valence-corrected chi connectivity index (χ3v) is 2.31. The van der Waals surface area contributed by atoms with Gasteiger partial charge in [-0.25, -0.2) is 4.98 Å². The molecule has 0 aliphatic rings. The van der Waals surface area contributed by atoms with E-state index in [0.717, 1.165) is 5.56 Å². The Morgan fingerprint density at radius 3 is 2.61 bits per heavy atom. The lowest BCUT2D eigenvalue weighted by Crippen LogP contribution is -2.30. The van der Waals surface area contributed by atoms with Gasteiger partial charge in [0, 0.05) is 6.20 Å². The van der Waals surface area contributed by atoms with Gasteiger partial charge < -0.3 is 21.3 Å². The van der Waals surface area contributed by atoms with Gasteiger partial charge in [0.2, 0.25) is 0 Å². The fraction of sp³-hybridized carbons (Fsp3) is 0.364. The molecule has 1 atom stereocenters. The van der Waals surface area contributed by atoms with E-state index in [1.807, 2.05) is 0 Å². The van der Waals surface area contributed by atoms with E-state index in [0.29, 0.717) is 18.7 Å². The molecular weight excluding hydrogens is 238 g/mol. The van der Waals surface area contributed by atoms with Crippen molar-refractivity contribution >= 4 is 17.8 Å². The van der Waals surface area contributed by atoms with Gasteiger partial charge in [-0.1, -0.05) is 6.07 Å². The number of aryl methyl sites for hydroxylation is 1. The minimum Gasteiger partial charge on any atom is -0.480 e. The fourth-order valence-corrected chi connectivity index (χ4v) is 1.29. The molecule has 7 nitrogen and oxygen atoms in total. The summed E-state index contributed by atoms with van der Waals surface area (Å²) in [7, 11) is 0. The lowest BCUT2D eigenvalue weighted by molar-refractivity contribution is -0.138. The van der Waals surface area contributed by atoms with Crippen LogP contribution in [0, 0.1) is 0 Å². The zero-order valence-corrected chi connectivity index (χ0v) is 9.67. The van der Waals surface area contributed by atoms with E-state index in [1.54, 1.807) is 18.3 Å². The van der Waals surface area contributed by atoms with Crippen molar-refractivity contribution in [3.05, 3.63) is 23.9 Å². The Morgan fingerprint density at radius 2 is 2.11 bits per heavy atom. The summed E-state index contributed by atoms with van der Waals surface area (Å²) in [5, 5.41) is 19.7.